The zero-order valence-corrected chi connectivity index (χ0v) is 26.8. The Hall–Kier alpha value is -2.32. The van der Waals surface area contributed by atoms with Gasteiger partial charge in [-0.1, -0.05) is 48.5 Å². The van der Waals surface area contributed by atoms with E-state index in [4.69, 9.17) is 54.2 Å². The second-order valence-corrected chi connectivity index (χ2v) is 10.2. The van der Waals surface area contributed by atoms with Crippen molar-refractivity contribution in [3.63, 3.8) is 0 Å². The van der Waals surface area contributed by atoms with Gasteiger partial charge in [-0.2, -0.15) is 0 Å². The Bertz CT molecular complexity index is 1000. The van der Waals surface area contributed by atoms with E-state index >= 15 is 0 Å². The van der Waals surface area contributed by atoms with Gasteiger partial charge in [0.25, 0.3) is 0 Å². The average Bonchev–Trinajstić information content (AvgIpc) is 3.39. The Morgan fingerprint density at radius 2 is 0.889 bits per heavy atom. The van der Waals surface area contributed by atoms with Crippen LogP contribution in [-0.2, 0) is 42.6 Å². The summed E-state index contributed by atoms with van der Waals surface area (Å²) in [7, 11) is 0. The molecule has 0 aliphatic heterocycles. The van der Waals surface area contributed by atoms with Gasteiger partial charge in [0.15, 0.2) is 0 Å². The number of amides is 1. The van der Waals surface area contributed by atoms with Crippen LogP contribution >= 0.6 is 11.6 Å². The van der Waals surface area contributed by atoms with Gasteiger partial charge < -0.3 is 47.9 Å². The fourth-order valence-electron chi connectivity index (χ4n) is 4.57. The van der Waals surface area contributed by atoms with Crippen LogP contribution in [0.3, 0.4) is 0 Å². The topological polar surface area (TPSA) is 112 Å². The molecule has 0 saturated carbocycles. The van der Waals surface area contributed by atoms with E-state index in [0.29, 0.717) is 125 Å². The molecule has 1 amide bonds. The Kier molecular flexibility index (Phi) is 20.5. The van der Waals surface area contributed by atoms with E-state index in [1.165, 1.54) is 22.3 Å². The lowest BCUT2D eigenvalue weighted by Crippen LogP contribution is -2.29. The second kappa shape index (κ2) is 24.9. The van der Waals surface area contributed by atoms with Crippen molar-refractivity contribution in [2.75, 3.05) is 125 Å². The summed E-state index contributed by atoms with van der Waals surface area (Å²) in [6, 6.07) is 16.5. The third-order valence-corrected chi connectivity index (χ3v) is 6.84. The largest absolute Gasteiger partial charge is 0.449 e. The Morgan fingerprint density at radius 3 is 1.29 bits per heavy atom. The predicted molar refractivity (Wildman–Crippen MR) is 170 cm³/mol. The monoisotopic (exact) mass is 653 g/mol. The van der Waals surface area contributed by atoms with Crippen molar-refractivity contribution in [1.29, 1.82) is 0 Å². The summed E-state index contributed by atoms with van der Waals surface area (Å²) in [5.41, 5.74) is 4.78. The number of ether oxygens (including phenoxy) is 9. The Balaban J connectivity index is 1.01. The highest BCUT2D eigenvalue weighted by Gasteiger charge is 2.28. The molecule has 0 heterocycles. The second-order valence-electron chi connectivity index (χ2n) is 9.84. The summed E-state index contributed by atoms with van der Waals surface area (Å²) in [5, 5.41) is 2.74. The minimum Gasteiger partial charge on any atom is -0.449 e. The molecule has 11 nitrogen and oxygen atoms in total. The number of carbonyl (C=O) groups is 1. The number of rotatable bonds is 28. The first-order valence-corrected chi connectivity index (χ1v) is 16.1. The van der Waals surface area contributed by atoms with Gasteiger partial charge in [0.1, 0.15) is 6.61 Å². The first kappa shape index (κ1) is 37.1. The molecule has 1 aliphatic rings. The molecule has 0 radical (unpaired) electrons. The molecule has 3 rings (SSSR count). The maximum absolute atomic E-state index is 12.2. The number of nitrogens with one attached hydrogen (secondary N) is 1. The quantitative estimate of drug-likeness (QED) is 0.107. The maximum Gasteiger partial charge on any atom is 0.407 e. The first-order valence-electron chi connectivity index (χ1n) is 15.6. The van der Waals surface area contributed by atoms with Gasteiger partial charge in [-0.3, -0.25) is 0 Å². The van der Waals surface area contributed by atoms with Gasteiger partial charge in [-0.05, 0) is 22.3 Å². The van der Waals surface area contributed by atoms with Crippen LogP contribution in [0.2, 0.25) is 0 Å². The molecule has 2 aromatic rings. The summed E-state index contributed by atoms with van der Waals surface area (Å²) in [6.45, 7) is 8.52. The van der Waals surface area contributed by atoms with E-state index in [0.717, 1.165) is 0 Å². The molecule has 0 saturated heterocycles. The number of alkyl carbamates (subject to hydrolysis) is 1. The van der Waals surface area contributed by atoms with E-state index < -0.39 is 6.09 Å². The number of halogens is 1. The number of alkyl halides is 1. The molecule has 252 valence electrons. The van der Waals surface area contributed by atoms with E-state index in [9.17, 15) is 4.79 Å². The normalized spacial score (nSPS) is 12.3. The Labute approximate surface area is 271 Å². The standard InChI is InChI=1S/C33H48ClNO10/c34-9-11-37-13-15-39-17-19-41-21-23-43-25-26-44-24-22-42-20-18-40-16-14-38-12-10-35-33(36)45-27-32-30-7-3-1-5-28(30)29-6-2-4-8-31(29)32/h1-8,32H,9-27H2,(H,35,36). The fraction of sp³-hybridized carbons (Fsp3) is 0.606. The van der Waals surface area contributed by atoms with E-state index in [1.807, 2.05) is 24.3 Å². The number of hydrogen-bond donors (Lipinski definition) is 1. The third kappa shape index (κ3) is 15.7. The van der Waals surface area contributed by atoms with Gasteiger partial charge in [-0.25, -0.2) is 4.79 Å². The number of fused-ring (bicyclic) bond motifs is 3. The summed E-state index contributed by atoms with van der Waals surface area (Å²) in [4.78, 5) is 12.2. The van der Waals surface area contributed by atoms with Gasteiger partial charge in [0, 0.05) is 18.3 Å². The summed E-state index contributed by atoms with van der Waals surface area (Å²) in [6.07, 6.45) is -0.450. The van der Waals surface area contributed by atoms with E-state index in [2.05, 4.69) is 29.6 Å². The molecular formula is C33H48ClNO10. The van der Waals surface area contributed by atoms with Crippen molar-refractivity contribution in [2.24, 2.45) is 0 Å². The average molecular weight is 654 g/mol. The lowest BCUT2D eigenvalue weighted by Gasteiger charge is -2.14. The summed E-state index contributed by atoms with van der Waals surface area (Å²) < 4.78 is 48.9. The molecule has 0 spiro atoms. The molecule has 1 N–H and O–H groups in total. The molecule has 2 aromatic carbocycles. The van der Waals surface area contributed by atoms with Gasteiger partial charge in [0.2, 0.25) is 0 Å². The fourth-order valence-corrected chi connectivity index (χ4v) is 4.68. The highest BCUT2D eigenvalue weighted by molar-refractivity contribution is 6.17. The number of benzene rings is 2. The molecule has 0 unspecified atom stereocenters. The van der Waals surface area contributed by atoms with Gasteiger partial charge in [-0.15, -0.1) is 11.6 Å². The molecule has 0 aromatic heterocycles. The molecule has 0 fully saturated rings. The van der Waals surface area contributed by atoms with Crippen LogP contribution < -0.4 is 5.32 Å². The van der Waals surface area contributed by atoms with Crippen LogP contribution in [0.4, 0.5) is 4.79 Å². The Morgan fingerprint density at radius 1 is 0.533 bits per heavy atom. The summed E-state index contributed by atoms with van der Waals surface area (Å²) >= 11 is 5.51. The molecule has 45 heavy (non-hydrogen) atoms. The van der Waals surface area contributed by atoms with Crippen molar-refractivity contribution in [3.05, 3.63) is 59.7 Å². The number of hydrogen-bond acceptors (Lipinski definition) is 10. The zero-order valence-electron chi connectivity index (χ0n) is 26.1. The lowest BCUT2D eigenvalue weighted by atomic mass is 9.98. The van der Waals surface area contributed by atoms with Crippen LogP contribution in [0.15, 0.2) is 48.5 Å². The van der Waals surface area contributed by atoms with Crippen molar-refractivity contribution in [1.82, 2.24) is 5.32 Å². The van der Waals surface area contributed by atoms with Gasteiger partial charge >= 0.3 is 6.09 Å². The van der Waals surface area contributed by atoms with Crippen molar-refractivity contribution < 1.29 is 47.4 Å². The molecular weight excluding hydrogens is 606 g/mol. The number of carbonyl (C=O) groups excluding carboxylic acids is 1. The minimum absolute atomic E-state index is 0.0412. The van der Waals surface area contributed by atoms with Crippen molar-refractivity contribution in [3.8, 4) is 11.1 Å². The molecule has 12 heteroatoms. The summed E-state index contributed by atoms with van der Waals surface area (Å²) in [5.74, 6) is 0.535. The zero-order chi connectivity index (χ0) is 31.6. The van der Waals surface area contributed by atoms with Crippen molar-refractivity contribution in [2.45, 2.75) is 5.92 Å². The van der Waals surface area contributed by atoms with Crippen LogP contribution in [0, 0.1) is 0 Å². The smallest absolute Gasteiger partial charge is 0.407 e. The first-order chi connectivity index (χ1) is 22.3. The maximum atomic E-state index is 12.2. The molecule has 0 bridgehead atoms. The van der Waals surface area contributed by atoms with Crippen molar-refractivity contribution >= 4 is 17.7 Å². The van der Waals surface area contributed by atoms with Gasteiger partial charge in [0.05, 0.1) is 106 Å². The lowest BCUT2D eigenvalue weighted by molar-refractivity contribution is -0.0227. The highest BCUT2D eigenvalue weighted by atomic mass is 35.5. The molecule has 1 aliphatic carbocycles. The highest BCUT2D eigenvalue weighted by Crippen LogP contribution is 2.44. The van der Waals surface area contributed by atoms with Crippen LogP contribution in [-0.4, -0.2) is 131 Å². The SMILES string of the molecule is O=C(NCCOCCOCCOCCOCCOCCOCCOCCOCCCl)OCC1c2ccccc2-c2ccccc21. The van der Waals surface area contributed by atoms with E-state index in [-0.39, 0.29) is 5.92 Å². The van der Waals surface area contributed by atoms with Crippen LogP contribution in [0.5, 0.6) is 0 Å². The van der Waals surface area contributed by atoms with Crippen LogP contribution in [0.25, 0.3) is 11.1 Å². The molecule has 0 atom stereocenters. The minimum atomic E-state index is -0.450. The predicted octanol–water partition coefficient (Wildman–Crippen LogP) is 3.90. The third-order valence-electron chi connectivity index (χ3n) is 6.68. The van der Waals surface area contributed by atoms with E-state index in [1.54, 1.807) is 0 Å². The van der Waals surface area contributed by atoms with Crippen LogP contribution in [0.1, 0.15) is 17.0 Å².